The van der Waals surface area contributed by atoms with Crippen LogP contribution in [0.3, 0.4) is 0 Å². The lowest BCUT2D eigenvalue weighted by molar-refractivity contribution is 0.563. The molecule has 0 atom stereocenters. The molecule has 0 saturated carbocycles. The highest BCUT2D eigenvalue weighted by molar-refractivity contribution is 6.34. The van der Waals surface area contributed by atoms with Crippen LogP contribution in [0.1, 0.15) is 5.56 Å². The Morgan fingerprint density at radius 1 is 1.60 bits per heavy atom. The van der Waals surface area contributed by atoms with E-state index in [9.17, 15) is 4.79 Å². The fourth-order valence-electron chi connectivity index (χ4n) is 1.49. The smallest absolute Gasteiger partial charge is 0.235 e. The zero-order chi connectivity index (χ0) is 10.8. The summed E-state index contributed by atoms with van der Waals surface area (Å²) >= 11 is 5.94. The number of rotatable bonds is 2. The summed E-state index contributed by atoms with van der Waals surface area (Å²) in [5.74, 6) is 0. The Morgan fingerprint density at radius 3 is 3.13 bits per heavy atom. The Morgan fingerprint density at radius 2 is 2.40 bits per heavy atom. The Balaban J connectivity index is 2.54. The zero-order valence-corrected chi connectivity index (χ0v) is 8.82. The molecule has 2 rings (SSSR count). The van der Waals surface area contributed by atoms with Crippen molar-refractivity contribution in [1.82, 2.24) is 9.78 Å². The first kappa shape index (κ1) is 9.90. The Bertz CT molecular complexity index is 555. The van der Waals surface area contributed by atoms with Gasteiger partial charge in [-0.15, -0.1) is 0 Å². The highest BCUT2D eigenvalue weighted by Gasteiger charge is 2.06. The van der Waals surface area contributed by atoms with Crippen LogP contribution in [-0.2, 0) is 18.4 Å². The van der Waals surface area contributed by atoms with E-state index in [1.165, 1.54) is 6.08 Å². The third-order valence-corrected chi connectivity index (χ3v) is 2.48. The molecule has 0 aliphatic rings. The van der Waals surface area contributed by atoms with Gasteiger partial charge in [-0.1, -0.05) is 17.7 Å². The van der Waals surface area contributed by atoms with Gasteiger partial charge in [0.15, 0.2) is 5.15 Å². The molecule has 0 fully saturated rings. The molecule has 0 spiro atoms. The van der Waals surface area contributed by atoms with Crippen LogP contribution in [0.2, 0.25) is 5.15 Å². The Hall–Kier alpha value is -1.64. The van der Waals surface area contributed by atoms with Crippen molar-refractivity contribution in [2.24, 2.45) is 12.0 Å². The highest BCUT2D eigenvalue weighted by atomic mass is 35.5. The maximum atomic E-state index is 9.98. The number of hydrogen-bond acceptors (Lipinski definition) is 3. The van der Waals surface area contributed by atoms with Gasteiger partial charge in [-0.2, -0.15) is 5.10 Å². The van der Waals surface area contributed by atoms with E-state index in [0.717, 1.165) is 16.5 Å². The van der Waals surface area contributed by atoms with Gasteiger partial charge in [0.25, 0.3) is 0 Å². The minimum Gasteiger partial charge on any atom is -0.266 e. The van der Waals surface area contributed by atoms with Gasteiger partial charge < -0.3 is 0 Å². The molecule has 0 amide bonds. The minimum atomic E-state index is 0.324. The summed E-state index contributed by atoms with van der Waals surface area (Å²) in [5, 5.41) is 5.42. The Labute approximate surface area is 91.2 Å². The molecular weight excluding hydrogens is 214 g/mol. The van der Waals surface area contributed by atoms with E-state index in [2.05, 4.69) is 10.1 Å². The van der Waals surface area contributed by atoms with Crippen LogP contribution in [0, 0.1) is 0 Å². The summed E-state index contributed by atoms with van der Waals surface area (Å²) in [4.78, 5) is 13.5. The molecule has 0 aliphatic carbocycles. The first-order valence-corrected chi connectivity index (χ1v) is 4.75. The van der Waals surface area contributed by atoms with Crippen LogP contribution in [0.5, 0.6) is 0 Å². The molecule has 4 nitrogen and oxygen atoms in total. The molecule has 0 N–H and O–H groups in total. The number of isocyanates is 1. The third kappa shape index (κ3) is 1.77. The van der Waals surface area contributed by atoms with Crippen molar-refractivity contribution in [2.45, 2.75) is 6.54 Å². The lowest BCUT2D eigenvalue weighted by Crippen LogP contribution is -1.88. The van der Waals surface area contributed by atoms with Crippen molar-refractivity contribution in [1.29, 1.82) is 0 Å². The van der Waals surface area contributed by atoms with Gasteiger partial charge in [-0.3, -0.25) is 4.68 Å². The van der Waals surface area contributed by atoms with E-state index in [-0.39, 0.29) is 0 Å². The second kappa shape index (κ2) is 3.85. The first-order chi connectivity index (χ1) is 7.22. The predicted octanol–water partition coefficient (Wildman–Crippen LogP) is 2.06. The number of carbonyl (C=O) groups excluding carboxylic acids is 1. The summed E-state index contributed by atoms with van der Waals surface area (Å²) in [6.07, 6.45) is 1.51. The topological polar surface area (TPSA) is 47.2 Å². The largest absolute Gasteiger partial charge is 0.266 e. The van der Waals surface area contributed by atoms with E-state index >= 15 is 0 Å². The van der Waals surface area contributed by atoms with Crippen LogP contribution in [0.15, 0.2) is 23.2 Å². The van der Waals surface area contributed by atoms with Crippen LogP contribution in [-0.4, -0.2) is 15.9 Å². The Kier molecular flexibility index (Phi) is 2.54. The summed E-state index contributed by atoms with van der Waals surface area (Å²) in [6.45, 7) is 0.324. The normalized spacial score (nSPS) is 10.3. The summed E-state index contributed by atoms with van der Waals surface area (Å²) in [7, 11) is 1.83. The van der Waals surface area contributed by atoms with Crippen molar-refractivity contribution in [3.05, 3.63) is 28.9 Å². The number of nitrogens with zero attached hydrogens (tertiary/aromatic N) is 3. The SMILES string of the molecule is Cn1nc(Cl)c2cc(CN=C=O)ccc21. The molecule has 0 saturated heterocycles. The van der Waals surface area contributed by atoms with Crippen molar-refractivity contribution >= 4 is 28.6 Å². The maximum absolute atomic E-state index is 9.98. The summed E-state index contributed by atoms with van der Waals surface area (Å²) < 4.78 is 1.71. The quantitative estimate of drug-likeness (QED) is 0.576. The predicted molar refractivity (Wildman–Crippen MR) is 57.5 cm³/mol. The zero-order valence-electron chi connectivity index (χ0n) is 8.07. The average Bonchev–Trinajstić information content (AvgIpc) is 2.52. The van der Waals surface area contributed by atoms with E-state index < -0.39 is 0 Å². The number of aromatic nitrogens is 2. The second-order valence-electron chi connectivity index (χ2n) is 3.17. The molecular formula is C10H8ClN3O. The third-order valence-electron chi connectivity index (χ3n) is 2.20. The maximum Gasteiger partial charge on any atom is 0.235 e. The van der Waals surface area contributed by atoms with Gasteiger partial charge in [0, 0.05) is 12.4 Å². The van der Waals surface area contributed by atoms with E-state index in [1.807, 2.05) is 25.2 Å². The molecule has 0 bridgehead atoms. The van der Waals surface area contributed by atoms with Crippen molar-refractivity contribution in [3.8, 4) is 0 Å². The van der Waals surface area contributed by atoms with Gasteiger partial charge in [-0.25, -0.2) is 9.79 Å². The summed E-state index contributed by atoms with van der Waals surface area (Å²) in [6, 6.07) is 5.68. The van der Waals surface area contributed by atoms with Crippen molar-refractivity contribution in [2.75, 3.05) is 0 Å². The molecule has 0 radical (unpaired) electrons. The fraction of sp³-hybridized carbons (Fsp3) is 0.200. The molecule has 1 heterocycles. The number of benzene rings is 1. The average molecular weight is 222 g/mol. The van der Waals surface area contributed by atoms with Gasteiger partial charge in [0.2, 0.25) is 6.08 Å². The molecule has 1 aromatic carbocycles. The van der Waals surface area contributed by atoms with E-state index in [0.29, 0.717) is 11.7 Å². The minimum absolute atomic E-state index is 0.324. The number of fused-ring (bicyclic) bond motifs is 1. The molecule has 2 aromatic rings. The van der Waals surface area contributed by atoms with Crippen molar-refractivity contribution < 1.29 is 4.79 Å². The van der Waals surface area contributed by atoms with Gasteiger partial charge in [0.05, 0.1) is 12.1 Å². The second-order valence-corrected chi connectivity index (χ2v) is 3.53. The van der Waals surface area contributed by atoms with E-state index in [4.69, 9.17) is 11.6 Å². The van der Waals surface area contributed by atoms with Crippen molar-refractivity contribution in [3.63, 3.8) is 0 Å². The molecule has 15 heavy (non-hydrogen) atoms. The molecule has 0 aliphatic heterocycles. The lowest BCUT2D eigenvalue weighted by Gasteiger charge is -1.96. The highest BCUT2D eigenvalue weighted by Crippen LogP contribution is 2.23. The molecule has 5 heteroatoms. The number of aliphatic imine (C=N–C) groups is 1. The van der Waals surface area contributed by atoms with E-state index in [1.54, 1.807) is 4.68 Å². The van der Waals surface area contributed by atoms with Crippen LogP contribution in [0.25, 0.3) is 10.9 Å². The number of hydrogen-bond donors (Lipinski definition) is 0. The van der Waals surface area contributed by atoms with Crippen LogP contribution < -0.4 is 0 Å². The lowest BCUT2D eigenvalue weighted by atomic mass is 10.1. The van der Waals surface area contributed by atoms with Crippen LogP contribution in [0.4, 0.5) is 0 Å². The number of halogens is 1. The van der Waals surface area contributed by atoms with Gasteiger partial charge in [-0.05, 0) is 17.7 Å². The standard InChI is InChI=1S/C10H8ClN3O/c1-14-9-3-2-7(5-12-6-15)4-8(9)10(11)13-14/h2-4H,5H2,1H3. The summed E-state index contributed by atoms with van der Waals surface area (Å²) in [5.41, 5.74) is 1.87. The van der Waals surface area contributed by atoms with Gasteiger partial charge in [0.1, 0.15) is 0 Å². The van der Waals surface area contributed by atoms with Gasteiger partial charge >= 0.3 is 0 Å². The monoisotopic (exact) mass is 221 g/mol. The first-order valence-electron chi connectivity index (χ1n) is 4.37. The molecule has 0 unspecified atom stereocenters. The van der Waals surface area contributed by atoms with Crippen LogP contribution >= 0.6 is 11.6 Å². The fourth-order valence-corrected chi connectivity index (χ4v) is 1.76. The number of aryl methyl sites for hydroxylation is 1. The molecule has 1 aromatic heterocycles. The molecule has 76 valence electrons.